The number of fused-ring (bicyclic) bond motifs is 5. The summed E-state index contributed by atoms with van der Waals surface area (Å²) < 4.78 is 5.44. The van der Waals surface area contributed by atoms with E-state index in [0.29, 0.717) is 34.0 Å². The summed E-state index contributed by atoms with van der Waals surface area (Å²) in [5, 5.41) is 0. The molecule has 244 valence electrons. The molecule has 4 aliphatic rings. The van der Waals surface area contributed by atoms with E-state index in [0.717, 1.165) is 48.9 Å². The molecule has 0 amide bonds. The number of hydrogen-bond acceptors (Lipinski definition) is 3. The molecule has 4 fully saturated rings. The maximum atomic E-state index is 12.0. The highest BCUT2D eigenvalue weighted by atomic mass is 16.6. The molecule has 0 heterocycles. The Labute approximate surface area is 261 Å². The van der Waals surface area contributed by atoms with Crippen LogP contribution in [0.2, 0.25) is 0 Å². The van der Waals surface area contributed by atoms with E-state index in [9.17, 15) is 4.79 Å². The zero-order chi connectivity index (χ0) is 31.1. The van der Waals surface area contributed by atoms with Gasteiger partial charge in [-0.1, -0.05) is 74.1 Å². The van der Waals surface area contributed by atoms with E-state index in [1.54, 1.807) is 0 Å². The average molecular weight is 586 g/mol. The molecule has 4 rings (SSSR count). The Morgan fingerprint density at radius 3 is 2.21 bits per heavy atom. The summed E-state index contributed by atoms with van der Waals surface area (Å²) in [4.78, 5) is 12.0. The van der Waals surface area contributed by atoms with Gasteiger partial charge in [-0.2, -0.15) is 0 Å². The van der Waals surface area contributed by atoms with Crippen molar-refractivity contribution < 1.29 is 9.53 Å². The van der Waals surface area contributed by atoms with E-state index in [2.05, 4.69) is 48.5 Å². The normalized spacial score (nSPS) is 39.9. The van der Waals surface area contributed by atoms with Crippen LogP contribution in [0.25, 0.3) is 0 Å². The molecule has 0 aromatic carbocycles. The third-order valence-corrected chi connectivity index (χ3v) is 14.4. The second-order valence-corrected chi connectivity index (χ2v) is 18.7. The maximum absolute atomic E-state index is 12.0. The molecule has 0 aromatic heterocycles. The van der Waals surface area contributed by atoms with Crippen molar-refractivity contribution in [2.24, 2.45) is 62.9 Å². The molecule has 0 aromatic rings. The zero-order valence-electron chi connectivity index (χ0n) is 29.7. The monoisotopic (exact) mass is 586 g/mol. The van der Waals surface area contributed by atoms with Crippen molar-refractivity contribution >= 4 is 5.97 Å². The summed E-state index contributed by atoms with van der Waals surface area (Å²) >= 11 is 0. The lowest BCUT2D eigenvalue weighted by Gasteiger charge is -2.69. The Morgan fingerprint density at radius 2 is 1.52 bits per heavy atom. The Balaban J connectivity index is 1.25. The minimum absolute atomic E-state index is 0.0953. The summed E-state index contributed by atoms with van der Waals surface area (Å²) in [7, 11) is 0. The number of hydrogen-bond donors (Lipinski definition) is 1. The van der Waals surface area contributed by atoms with Crippen LogP contribution in [0, 0.1) is 57.2 Å². The largest absolute Gasteiger partial charge is 0.460 e. The number of rotatable bonds is 11. The SMILES string of the molecule is CC(CCC[C@@H](C)[C@H]1CC[C@]2(C)[C@@H]1CC[C@@H]1[C@@]3(C)CCCC(C)(C)[C@@H]3CC[C@]12C)CC(N)CCCC(=O)OC(C)(C)C. The van der Waals surface area contributed by atoms with Crippen LogP contribution in [0.3, 0.4) is 0 Å². The quantitative estimate of drug-likeness (QED) is 0.245. The Hall–Kier alpha value is -0.570. The third kappa shape index (κ3) is 6.82. The number of carbonyl (C=O) groups is 1. The van der Waals surface area contributed by atoms with E-state index in [1.165, 1.54) is 77.0 Å². The highest BCUT2D eigenvalue weighted by Gasteiger charge is 2.67. The van der Waals surface area contributed by atoms with Gasteiger partial charge in [0.2, 0.25) is 0 Å². The first-order valence-corrected chi connectivity index (χ1v) is 18.4. The molecule has 0 saturated heterocycles. The average Bonchev–Trinajstić information content (AvgIpc) is 3.20. The molecule has 0 aliphatic heterocycles. The van der Waals surface area contributed by atoms with E-state index in [-0.39, 0.29) is 12.0 Å². The summed E-state index contributed by atoms with van der Waals surface area (Å²) in [5.74, 6) is 5.11. The molecule has 4 saturated carbocycles. The van der Waals surface area contributed by atoms with E-state index in [4.69, 9.17) is 10.5 Å². The van der Waals surface area contributed by atoms with Crippen LogP contribution in [-0.4, -0.2) is 17.6 Å². The molecule has 3 nitrogen and oxygen atoms in total. The fraction of sp³-hybridized carbons (Fsp3) is 0.974. The first kappa shape index (κ1) is 34.3. The highest BCUT2D eigenvalue weighted by molar-refractivity contribution is 5.69. The topological polar surface area (TPSA) is 52.3 Å². The van der Waals surface area contributed by atoms with Gasteiger partial charge >= 0.3 is 5.97 Å². The lowest BCUT2D eigenvalue weighted by Crippen LogP contribution is -2.62. The number of ether oxygens (including phenoxy) is 1. The van der Waals surface area contributed by atoms with Crippen LogP contribution in [0.15, 0.2) is 0 Å². The lowest BCUT2D eigenvalue weighted by atomic mass is 9.35. The molecule has 2 N–H and O–H groups in total. The van der Waals surface area contributed by atoms with Gasteiger partial charge in [-0.05, 0) is 149 Å². The smallest absolute Gasteiger partial charge is 0.306 e. The molecular formula is C39H71NO2. The number of carbonyl (C=O) groups excluding carboxylic acids is 1. The van der Waals surface area contributed by atoms with Gasteiger partial charge in [0.25, 0.3) is 0 Å². The Kier molecular flexibility index (Phi) is 10.4. The Morgan fingerprint density at radius 1 is 0.833 bits per heavy atom. The minimum Gasteiger partial charge on any atom is -0.460 e. The van der Waals surface area contributed by atoms with Crippen molar-refractivity contribution in [1.82, 2.24) is 0 Å². The predicted octanol–water partition coefficient (Wildman–Crippen LogP) is 10.7. The molecule has 0 bridgehead atoms. The lowest BCUT2D eigenvalue weighted by molar-refractivity contribution is -0.203. The third-order valence-electron chi connectivity index (χ3n) is 14.4. The van der Waals surface area contributed by atoms with Crippen molar-refractivity contribution in [3.8, 4) is 0 Å². The summed E-state index contributed by atoms with van der Waals surface area (Å²) in [5.41, 5.74) is 8.23. The first-order valence-electron chi connectivity index (χ1n) is 18.4. The molecule has 0 radical (unpaired) electrons. The predicted molar refractivity (Wildman–Crippen MR) is 178 cm³/mol. The van der Waals surface area contributed by atoms with Crippen LogP contribution in [-0.2, 0) is 9.53 Å². The first-order chi connectivity index (χ1) is 19.4. The maximum Gasteiger partial charge on any atom is 0.306 e. The van der Waals surface area contributed by atoms with E-state index >= 15 is 0 Å². The fourth-order valence-electron chi connectivity index (χ4n) is 12.2. The van der Waals surface area contributed by atoms with Gasteiger partial charge in [-0.3, -0.25) is 4.79 Å². The van der Waals surface area contributed by atoms with Crippen molar-refractivity contribution in [2.75, 3.05) is 0 Å². The molecule has 4 aliphatic carbocycles. The molecular weight excluding hydrogens is 514 g/mol. The fourth-order valence-corrected chi connectivity index (χ4v) is 12.2. The van der Waals surface area contributed by atoms with E-state index < -0.39 is 5.60 Å². The van der Waals surface area contributed by atoms with Gasteiger partial charge in [0.05, 0.1) is 0 Å². The van der Waals surface area contributed by atoms with Gasteiger partial charge in [-0.15, -0.1) is 0 Å². The summed E-state index contributed by atoms with van der Waals surface area (Å²) in [6, 6.07) is 0.193. The van der Waals surface area contributed by atoms with Gasteiger partial charge in [-0.25, -0.2) is 0 Å². The number of esters is 1. The highest BCUT2D eigenvalue weighted by Crippen LogP contribution is 2.75. The zero-order valence-corrected chi connectivity index (χ0v) is 29.7. The number of nitrogens with two attached hydrogens (primary N) is 1. The molecule has 0 spiro atoms. The van der Waals surface area contributed by atoms with Crippen LogP contribution in [0.5, 0.6) is 0 Å². The van der Waals surface area contributed by atoms with Crippen LogP contribution < -0.4 is 5.73 Å². The Bertz CT molecular complexity index is 920. The van der Waals surface area contributed by atoms with Crippen molar-refractivity contribution in [3.63, 3.8) is 0 Å². The minimum atomic E-state index is -0.399. The van der Waals surface area contributed by atoms with Gasteiger partial charge in [0.15, 0.2) is 0 Å². The molecule has 2 unspecified atom stereocenters. The van der Waals surface area contributed by atoms with Crippen LogP contribution in [0.1, 0.15) is 172 Å². The second kappa shape index (κ2) is 12.7. The van der Waals surface area contributed by atoms with Crippen LogP contribution in [0.4, 0.5) is 0 Å². The molecule has 10 atom stereocenters. The summed E-state index contributed by atoms with van der Waals surface area (Å²) in [6.07, 6.45) is 20.5. The summed E-state index contributed by atoms with van der Waals surface area (Å²) in [6.45, 7) is 24.2. The second-order valence-electron chi connectivity index (χ2n) is 18.7. The molecule has 3 heteroatoms. The van der Waals surface area contributed by atoms with Crippen molar-refractivity contribution in [2.45, 2.75) is 184 Å². The standard InChI is InChI=1S/C39H71NO2/c1-27(26-29(40)16-12-17-34(41)42-35(3,4)5)14-11-15-28(2)30-20-24-38(9)31(30)18-19-33-37(8)23-13-22-36(6,7)32(37)21-25-39(33,38)10/h27-33H,11-26,40H2,1-10H3/t27?,28-,29?,30-,31-,32+,33-,37+,38-,39-/m1/s1. The molecule has 42 heavy (non-hydrogen) atoms. The van der Waals surface area contributed by atoms with Crippen molar-refractivity contribution in [1.29, 1.82) is 0 Å². The van der Waals surface area contributed by atoms with Crippen molar-refractivity contribution in [3.05, 3.63) is 0 Å². The van der Waals surface area contributed by atoms with Gasteiger partial charge in [0.1, 0.15) is 5.60 Å². The van der Waals surface area contributed by atoms with E-state index in [1.807, 2.05) is 20.8 Å². The van der Waals surface area contributed by atoms with Crippen LogP contribution >= 0.6 is 0 Å². The van der Waals surface area contributed by atoms with Gasteiger partial charge < -0.3 is 10.5 Å². The van der Waals surface area contributed by atoms with Gasteiger partial charge in [0, 0.05) is 12.5 Å².